The van der Waals surface area contributed by atoms with Gasteiger partial charge in [-0.25, -0.2) is 4.79 Å². The van der Waals surface area contributed by atoms with Gasteiger partial charge in [-0.15, -0.1) is 0 Å². The van der Waals surface area contributed by atoms with Crippen LogP contribution in [0.15, 0.2) is 36.5 Å². The molecule has 0 aromatic heterocycles. The van der Waals surface area contributed by atoms with Crippen molar-refractivity contribution in [2.75, 3.05) is 13.7 Å². The second-order valence-electron chi connectivity index (χ2n) is 4.64. The van der Waals surface area contributed by atoms with E-state index in [1.165, 1.54) is 0 Å². The van der Waals surface area contributed by atoms with Crippen LogP contribution in [0.25, 0.3) is 0 Å². The van der Waals surface area contributed by atoms with Crippen LogP contribution >= 0.6 is 0 Å². The molecule has 1 aliphatic rings. The molecule has 3 heteroatoms. The highest BCUT2D eigenvalue weighted by Gasteiger charge is 2.36. The molecule has 0 aliphatic heterocycles. The number of methoxy groups -OCH3 is 1. The van der Waals surface area contributed by atoms with E-state index in [-0.39, 0.29) is 11.9 Å². The number of esters is 1. The van der Waals surface area contributed by atoms with Gasteiger partial charge in [0, 0.05) is 13.0 Å². The van der Waals surface area contributed by atoms with E-state index in [4.69, 9.17) is 9.47 Å². The molecular weight excluding hydrogens is 240 g/mol. The number of carbonyl (C=O) groups excluding carboxylic acids is 1. The summed E-state index contributed by atoms with van der Waals surface area (Å²) in [6.07, 6.45) is 14.4. The van der Waals surface area contributed by atoms with Crippen LogP contribution in [-0.4, -0.2) is 25.3 Å². The van der Waals surface area contributed by atoms with Crippen molar-refractivity contribution in [3.8, 4) is 0 Å². The minimum atomic E-state index is -0.797. The highest BCUT2D eigenvalue weighted by Crippen LogP contribution is 2.22. The maximum Gasteiger partial charge on any atom is 0.338 e. The Balaban J connectivity index is 2.57. The molecular formula is C16H24O3. The fraction of sp³-hybridized carbons (Fsp3) is 0.562. The lowest BCUT2D eigenvalue weighted by atomic mass is 9.97. The lowest BCUT2D eigenvalue weighted by molar-refractivity contribution is -0.170. The molecule has 0 spiro atoms. The van der Waals surface area contributed by atoms with E-state index in [1.807, 2.05) is 32.1 Å². The van der Waals surface area contributed by atoms with Crippen molar-refractivity contribution in [3.05, 3.63) is 36.5 Å². The molecule has 0 radical (unpaired) electrons. The molecule has 0 saturated carbocycles. The van der Waals surface area contributed by atoms with E-state index < -0.39 is 5.60 Å². The molecule has 0 fully saturated rings. The zero-order chi connectivity index (χ0) is 14.1. The molecule has 0 saturated heterocycles. The molecule has 1 aliphatic carbocycles. The Morgan fingerprint density at radius 2 is 1.95 bits per heavy atom. The number of carbonyl (C=O) groups is 1. The molecule has 1 rings (SSSR count). The third kappa shape index (κ3) is 4.35. The minimum Gasteiger partial charge on any atom is -0.463 e. The quantitative estimate of drug-likeness (QED) is 0.544. The summed E-state index contributed by atoms with van der Waals surface area (Å²) in [5.74, 6) is -0.128. The average Bonchev–Trinajstić information content (AvgIpc) is 2.40. The van der Waals surface area contributed by atoms with E-state index >= 15 is 0 Å². The number of allylic oxidation sites excluding steroid dienone is 4. The molecule has 3 nitrogen and oxygen atoms in total. The van der Waals surface area contributed by atoms with Gasteiger partial charge in [-0.2, -0.15) is 0 Å². The summed E-state index contributed by atoms with van der Waals surface area (Å²) in [6, 6.07) is 0. The van der Waals surface area contributed by atoms with E-state index in [2.05, 4.69) is 18.2 Å². The highest BCUT2D eigenvalue weighted by molar-refractivity contribution is 5.79. The molecule has 0 aromatic carbocycles. The van der Waals surface area contributed by atoms with Crippen LogP contribution in [0.4, 0.5) is 0 Å². The van der Waals surface area contributed by atoms with Crippen molar-refractivity contribution >= 4 is 5.97 Å². The Kier molecular flexibility index (Phi) is 6.57. The Morgan fingerprint density at radius 3 is 2.58 bits per heavy atom. The molecule has 0 amide bonds. The van der Waals surface area contributed by atoms with Crippen LogP contribution in [0.2, 0.25) is 0 Å². The summed E-state index contributed by atoms with van der Waals surface area (Å²) >= 11 is 0. The first-order valence-electron chi connectivity index (χ1n) is 6.91. The largest absolute Gasteiger partial charge is 0.463 e. The predicted octanol–water partition coefficient (Wildman–Crippen LogP) is 3.42. The van der Waals surface area contributed by atoms with Crippen LogP contribution in [0, 0.1) is 5.92 Å². The predicted molar refractivity (Wildman–Crippen MR) is 76.8 cm³/mol. The van der Waals surface area contributed by atoms with Gasteiger partial charge in [0.1, 0.15) is 6.61 Å². The van der Waals surface area contributed by atoms with Gasteiger partial charge >= 0.3 is 5.97 Å². The Labute approximate surface area is 116 Å². The minimum absolute atomic E-state index is 0.136. The maximum absolute atomic E-state index is 12.1. The summed E-state index contributed by atoms with van der Waals surface area (Å²) in [5, 5.41) is 0. The molecule has 0 heterocycles. The molecule has 1 atom stereocenters. The number of hydrogen-bond acceptors (Lipinski definition) is 3. The number of rotatable bonds is 6. The van der Waals surface area contributed by atoms with Crippen LogP contribution in [-0.2, 0) is 14.3 Å². The zero-order valence-corrected chi connectivity index (χ0v) is 12.1. The zero-order valence-electron chi connectivity index (χ0n) is 12.1. The van der Waals surface area contributed by atoms with Gasteiger partial charge in [0.25, 0.3) is 0 Å². The fourth-order valence-corrected chi connectivity index (χ4v) is 2.09. The summed E-state index contributed by atoms with van der Waals surface area (Å²) in [5.41, 5.74) is -0.797. The number of ether oxygens (including phenoxy) is 2. The third-order valence-corrected chi connectivity index (χ3v) is 3.57. The molecule has 106 valence electrons. The van der Waals surface area contributed by atoms with Crippen molar-refractivity contribution in [3.63, 3.8) is 0 Å². The second kappa shape index (κ2) is 7.95. The molecule has 1 unspecified atom stereocenters. The van der Waals surface area contributed by atoms with Crippen LogP contribution in [0.1, 0.15) is 33.1 Å². The van der Waals surface area contributed by atoms with Crippen LogP contribution in [0.5, 0.6) is 0 Å². The normalized spacial score (nSPS) is 22.4. The van der Waals surface area contributed by atoms with Crippen LogP contribution < -0.4 is 0 Å². The Morgan fingerprint density at radius 1 is 1.21 bits per heavy atom. The smallest absolute Gasteiger partial charge is 0.338 e. The number of hydrogen-bond donors (Lipinski definition) is 0. The van der Waals surface area contributed by atoms with E-state index in [0.717, 1.165) is 6.42 Å². The van der Waals surface area contributed by atoms with Gasteiger partial charge in [-0.05, 0) is 19.3 Å². The van der Waals surface area contributed by atoms with Gasteiger partial charge in [-0.3, -0.25) is 0 Å². The Bertz CT molecular complexity index is 354. The summed E-state index contributed by atoms with van der Waals surface area (Å²) in [6.45, 7) is 4.24. The van der Waals surface area contributed by atoms with E-state index in [9.17, 15) is 4.79 Å². The summed E-state index contributed by atoms with van der Waals surface area (Å²) in [7, 11) is 1.56. The monoisotopic (exact) mass is 264 g/mol. The van der Waals surface area contributed by atoms with Crippen LogP contribution in [0.3, 0.4) is 0 Å². The molecule has 0 aromatic rings. The SMILES string of the molecule is CCC(CC)(OC)C(=O)OCC1C=C/C=C\C/C=C\1. The van der Waals surface area contributed by atoms with Crippen molar-refractivity contribution in [1.29, 1.82) is 0 Å². The van der Waals surface area contributed by atoms with Gasteiger partial charge in [-0.1, -0.05) is 50.3 Å². The van der Waals surface area contributed by atoms with Crippen molar-refractivity contribution in [2.24, 2.45) is 5.92 Å². The second-order valence-corrected chi connectivity index (χ2v) is 4.64. The van der Waals surface area contributed by atoms with Crippen molar-refractivity contribution in [2.45, 2.75) is 38.7 Å². The van der Waals surface area contributed by atoms with Gasteiger partial charge in [0.05, 0.1) is 0 Å². The van der Waals surface area contributed by atoms with E-state index in [1.54, 1.807) is 7.11 Å². The fourth-order valence-electron chi connectivity index (χ4n) is 2.09. The summed E-state index contributed by atoms with van der Waals surface area (Å²) < 4.78 is 10.8. The maximum atomic E-state index is 12.1. The van der Waals surface area contributed by atoms with Crippen molar-refractivity contribution in [1.82, 2.24) is 0 Å². The first kappa shape index (κ1) is 15.7. The molecule has 19 heavy (non-hydrogen) atoms. The summed E-state index contributed by atoms with van der Waals surface area (Å²) in [4.78, 5) is 12.1. The third-order valence-electron chi connectivity index (χ3n) is 3.57. The first-order valence-corrected chi connectivity index (χ1v) is 6.91. The topological polar surface area (TPSA) is 35.5 Å². The highest BCUT2D eigenvalue weighted by atomic mass is 16.6. The van der Waals surface area contributed by atoms with E-state index in [0.29, 0.717) is 19.4 Å². The molecule has 0 N–H and O–H groups in total. The Hall–Kier alpha value is -1.35. The first-order chi connectivity index (χ1) is 9.18. The lowest BCUT2D eigenvalue weighted by Crippen LogP contribution is -2.41. The standard InChI is InChI=1S/C16H24O3/c1-4-16(5-2,18-3)15(17)19-13-14-11-9-7-6-8-10-12-14/h6-7,9-12,14H,4-5,8,13H2,1-3H3/b7-6-,11-9?,12-10-. The molecule has 0 bridgehead atoms. The van der Waals surface area contributed by atoms with Gasteiger partial charge < -0.3 is 9.47 Å². The van der Waals surface area contributed by atoms with Gasteiger partial charge in [0.2, 0.25) is 0 Å². The lowest BCUT2D eigenvalue weighted by Gasteiger charge is -2.28. The van der Waals surface area contributed by atoms with Gasteiger partial charge in [0.15, 0.2) is 5.60 Å². The average molecular weight is 264 g/mol. The van der Waals surface area contributed by atoms with Crippen molar-refractivity contribution < 1.29 is 14.3 Å².